The Bertz CT molecular complexity index is 3980. The zero-order valence-electron chi connectivity index (χ0n) is 51.8. The van der Waals surface area contributed by atoms with E-state index < -0.39 is 22.3 Å². The van der Waals surface area contributed by atoms with E-state index in [1.165, 1.54) is 75.9 Å². The molecule has 0 unspecified atom stereocenters. The highest BCUT2D eigenvalue weighted by Gasteiger charge is 2.36. The Morgan fingerprint density at radius 1 is 0.630 bits per heavy atom. The Kier molecular flexibility index (Phi) is 24.3. The molecule has 0 amide bonds. The predicted molar refractivity (Wildman–Crippen MR) is 359 cm³/mol. The van der Waals surface area contributed by atoms with E-state index in [4.69, 9.17) is 16.7 Å². The van der Waals surface area contributed by atoms with Crippen LogP contribution in [-0.4, -0.2) is 129 Å². The number of aromatic nitrogens is 9. The lowest BCUT2D eigenvalue weighted by Crippen LogP contribution is -2.24. The van der Waals surface area contributed by atoms with Gasteiger partial charge < -0.3 is 45.4 Å². The van der Waals surface area contributed by atoms with Gasteiger partial charge in [0.2, 0.25) is 17.3 Å². The first-order valence-electron chi connectivity index (χ1n) is 30.3. The summed E-state index contributed by atoms with van der Waals surface area (Å²) in [4.78, 5) is 68.8. The van der Waals surface area contributed by atoms with Gasteiger partial charge in [-0.2, -0.15) is 8.42 Å². The summed E-state index contributed by atoms with van der Waals surface area (Å²) in [5, 5.41) is 49.9. The molecule has 27 heteroatoms. The van der Waals surface area contributed by atoms with E-state index in [9.17, 15) is 38.1 Å². The summed E-state index contributed by atoms with van der Waals surface area (Å²) in [7, 11) is -4.07. The lowest BCUT2D eigenvalue weighted by atomic mass is 10.00. The van der Waals surface area contributed by atoms with Crippen molar-refractivity contribution in [3.63, 3.8) is 0 Å². The number of halogens is 1. The predicted octanol–water partition coefficient (Wildman–Crippen LogP) is 10.1. The summed E-state index contributed by atoms with van der Waals surface area (Å²) in [6, 6.07) is 12.0. The molecule has 0 spiro atoms. The van der Waals surface area contributed by atoms with Crippen LogP contribution in [0.5, 0.6) is 0 Å². The largest absolute Gasteiger partial charge is 0.396 e. The number of nitrogens with two attached hydrogens (primary N) is 1. The van der Waals surface area contributed by atoms with E-state index in [1.807, 2.05) is 84.4 Å². The molecule has 488 valence electrons. The first-order valence-corrected chi connectivity index (χ1v) is 34.9. The number of aryl methyl sites for hydroxylation is 3. The number of rotatable bonds is 22. The van der Waals surface area contributed by atoms with Crippen LogP contribution in [0.2, 0.25) is 0 Å². The lowest BCUT2D eigenvalue weighted by molar-refractivity contribution is 0.100. The van der Waals surface area contributed by atoms with Crippen molar-refractivity contribution in [3.05, 3.63) is 192 Å². The number of H-pyrrole nitrogens is 1. The van der Waals surface area contributed by atoms with Gasteiger partial charge in [0.1, 0.15) is 36.4 Å². The van der Waals surface area contributed by atoms with E-state index in [2.05, 4.69) is 104 Å². The molecule has 9 heterocycles. The summed E-state index contributed by atoms with van der Waals surface area (Å²) in [6.45, 7) is 12.1. The van der Waals surface area contributed by atoms with Crippen molar-refractivity contribution in [1.29, 1.82) is 0 Å². The number of hydrogen-bond donors (Lipinski definition) is 8. The van der Waals surface area contributed by atoms with Crippen molar-refractivity contribution in [2.24, 2.45) is 34.7 Å². The van der Waals surface area contributed by atoms with Crippen LogP contribution < -0.4 is 21.1 Å². The van der Waals surface area contributed by atoms with Gasteiger partial charge in [-0.15, -0.1) is 45.6 Å². The van der Waals surface area contributed by atoms with Crippen LogP contribution in [0.3, 0.4) is 0 Å². The number of ketones is 3. The smallest absolute Gasteiger partial charge is 0.333 e. The van der Waals surface area contributed by atoms with Crippen molar-refractivity contribution < 1.29 is 42.3 Å². The molecule has 0 saturated heterocycles. The van der Waals surface area contributed by atoms with E-state index in [1.54, 1.807) is 12.4 Å². The van der Waals surface area contributed by atoms with E-state index in [-0.39, 0.29) is 55.3 Å². The number of aliphatic hydroxyl groups is 3. The van der Waals surface area contributed by atoms with Crippen LogP contribution in [0, 0.1) is 50.4 Å². The number of aromatic amines is 1. The molecule has 0 radical (unpaired) electrons. The Morgan fingerprint density at radius 3 is 1.38 bits per heavy atom. The molecular weight excluding hydrogens is 1270 g/mol. The van der Waals surface area contributed by atoms with Crippen LogP contribution in [0.4, 0.5) is 17.5 Å². The van der Waals surface area contributed by atoms with Gasteiger partial charge >= 0.3 is 10.3 Å². The third kappa shape index (κ3) is 19.1. The fourth-order valence-corrected chi connectivity index (χ4v) is 14.9. The van der Waals surface area contributed by atoms with Crippen molar-refractivity contribution in [1.82, 2.24) is 44.0 Å². The minimum atomic E-state index is -4.07. The second-order valence-corrected chi connectivity index (χ2v) is 28.1. The molecule has 22 nitrogen and oxygen atoms in total. The molecule has 3 fully saturated rings. The minimum Gasteiger partial charge on any atom is -0.396 e. The SMILES string of the molecule is C[C@H]1C[C@H](Nc2ncncc2C(=O)c2cc(CCl)cs2)C[C@@H]1CO.Cc1cc[nH]c1.Cc1ccn(Cc2csc(C(=O)c3cncnc3N[C@@H]3C[C@H](CO)[C@@H](C)C3)c2)c1.Cc1ccn(Cc2csc(C(=O)c3cncnc3N[C@@H]3C[C@H](COS(N)(=O)=O)[C@@H](O)C3)c2)c1. The number of carbonyl (C=O) groups is 3. The van der Waals surface area contributed by atoms with Gasteiger partial charge in [-0.1, -0.05) is 13.8 Å². The van der Waals surface area contributed by atoms with Crippen molar-refractivity contribution >= 4 is 90.7 Å². The molecule has 9 atom stereocenters. The Morgan fingerprint density at radius 2 is 1.04 bits per heavy atom. The van der Waals surface area contributed by atoms with Gasteiger partial charge in [0.15, 0.2) is 0 Å². The third-order valence-corrected chi connectivity index (χ3v) is 20.3. The molecule has 3 aliphatic rings. The highest BCUT2D eigenvalue weighted by atomic mass is 35.5. The number of carbonyl (C=O) groups excluding carboxylic acids is 3. The van der Waals surface area contributed by atoms with Gasteiger partial charge in [0.05, 0.1) is 44.0 Å². The molecule has 92 heavy (non-hydrogen) atoms. The van der Waals surface area contributed by atoms with Crippen molar-refractivity contribution in [2.75, 3.05) is 35.8 Å². The lowest BCUT2D eigenvalue weighted by Gasteiger charge is -2.15. The topological polar surface area (TPSA) is 320 Å². The number of nitrogens with one attached hydrogen (secondary N) is 4. The summed E-state index contributed by atoms with van der Waals surface area (Å²) >= 11 is 10.0. The molecule has 3 aliphatic carbocycles. The van der Waals surface area contributed by atoms with E-state index in [0.29, 0.717) is 97.7 Å². The minimum absolute atomic E-state index is 0.0576. The normalized spacial score (nSPS) is 20.9. The zero-order valence-corrected chi connectivity index (χ0v) is 55.8. The molecule has 12 rings (SSSR count). The fourth-order valence-electron chi connectivity index (χ4n) is 11.7. The number of alkyl halides is 1. The maximum Gasteiger partial charge on any atom is 0.333 e. The summed E-state index contributed by atoms with van der Waals surface area (Å²) in [5.74, 6) is 2.67. The molecule has 0 bridgehead atoms. The second kappa shape index (κ2) is 32.5. The van der Waals surface area contributed by atoms with Gasteiger partial charge in [-0.05, 0) is 169 Å². The average Bonchev–Trinajstić information content (AvgIpc) is 2.62. The van der Waals surface area contributed by atoms with Crippen molar-refractivity contribution in [3.8, 4) is 0 Å². The number of nitrogens with zero attached hydrogens (tertiary/aromatic N) is 8. The first kappa shape index (κ1) is 69.0. The molecule has 0 aliphatic heterocycles. The number of thiophene rings is 3. The maximum atomic E-state index is 13.2. The first-order chi connectivity index (χ1) is 44.2. The molecule has 9 aromatic heterocycles. The van der Waals surface area contributed by atoms with Gasteiger partial charge in [-0.25, -0.2) is 35.0 Å². The van der Waals surface area contributed by atoms with Gasteiger partial charge in [0.25, 0.3) is 0 Å². The number of hydrogen-bond acceptors (Lipinski definition) is 21. The van der Waals surface area contributed by atoms with E-state index >= 15 is 0 Å². The second-order valence-electron chi connectivity index (χ2n) is 23.9. The fraction of sp³-hybridized carbons (Fsp3) is 0.400. The molecule has 3 saturated carbocycles. The van der Waals surface area contributed by atoms with Crippen LogP contribution >= 0.6 is 45.6 Å². The third-order valence-electron chi connectivity index (χ3n) is 16.6. The zero-order chi connectivity index (χ0) is 65.5. The summed E-state index contributed by atoms with van der Waals surface area (Å²) in [6.07, 6.45) is 24.6. The van der Waals surface area contributed by atoms with Crippen LogP contribution in [0.15, 0.2) is 127 Å². The van der Waals surface area contributed by atoms with Gasteiger partial charge in [0, 0.05) is 112 Å². The molecule has 9 aromatic rings. The summed E-state index contributed by atoms with van der Waals surface area (Å²) < 4.78 is 30.9. The Labute approximate surface area is 552 Å². The summed E-state index contributed by atoms with van der Waals surface area (Å²) in [5.41, 5.74) is 8.06. The van der Waals surface area contributed by atoms with Gasteiger partial charge in [-0.3, -0.25) is 18.6 Å². The number of anilines is 3. The quantitative estimate of drug-likeness (QED) is 0.0231. The highest BCUT2D eigenvalue weighted by Crippen LogP contribution is 2.36. The monoisotopic (exact) mass is 1350 g/mol. The number of aliphatic hydroxyl groups excluding tert-OH is 3. The van der Waals surface area contributed by atoms with E-state index in [0.717, 1.165) is 48.9 Å². The van der Waals surface area contributed by atoms with Crippen LogP contribution in [-0.2, 0) is 33.5 Å². The molecule has 9 N–H and O–H groups in total. The van der Waals surface area contributed by atoms with Crippen LogP contribution in [0.25, 0.3) is 0 Å². The molecule has 0 aromatic carbocycles. The Hall–Kier alpha value is -7.37. The maximum absolute atomic E-state index is 13.2. The highest BCUT2D eigenvalue weighted by molar-refractivity contribution is 7.84. The standard InChI is InChI=1S/C22H26N4O2S.C21H25N5O5S2.C17H20ClN3O2S.C5H7N/c1-14-3-4-26(9-14)10-16-6-20(29-12-16)21(28)19-8-23-13-24-22(19)25-18-5-15(2)17(7-18)11-27;1-13-2-3-26(8-13)9-14-4-19(32-11-14)20(28)17-7-23-12-24-21(17)25-16-5-15(18(27)6-16)10-31-33(22,29)30;1-10-2-13(4-12(10)7-22)21-17-14(6-19-9-20-17)16(23)15-3-11(5-18)8-24-15;1-5-2-3-6-4-5/h3-4,6,8-9,12-13,15,17-18,27H,5,7,10-11H2,1-2H3,(H,23,24,25);2-4,7-8,11-12,15-16,18,27H,5-6,9-10H2,1H3,(H2,22,29,30)(H,23,24,25);3,6,8-10,12-13,22H,2,4-5,7H2,1H3,(H,19,20,21);2-4,6H,1H3/t15-,17+,18-;15-,16-,18+;10-,12+,13-;/m010./s1. The Balaban J connectivity index is 0.000000157. The molecular formula is C65H78ClN13O9S4. The van der Waals surface area contributed by atoms with Crippen LogP contribution in [0.1, 0.15) is 131 Å². The van der Waals surface area contributed by atoms with Crippen molar-refractivity contribution in [2.45, 2.75) is 116 Å². The average molecular weight is 1350 g/mol.